The van der Waals surface area contributed by atoms with Crippen molar-refractivity contribution in [2.24, 2.45) is 0 Å². The summed E-state index contributed by atoms with van der Waals surface area (Å²) in [6.45, 7) is 0. The average molecular weight is 255 g/mol. The summed E-state index contributed by atoms with van der Waals surface area (Å²) in [6.07, 6.45) is 6.38. The molecule has 0 saturated heterocycles. The van der Waals surface area contributed by atoms with Crippen LogP contribution in [0.15, 0.2) is 48.8 Å². The van der Waals surface area contributed by atoms with Crippen LogP contribution in [0, 0.1) is 0 Å². The Bertz CT molecular complexity index is 606. The fraction of sp³-hybridized carbons (Fsp3) is 0.0667. The van der Waals surface area contributed by atoms with E-state index >= 15 is 0 Å². The molecule has 4 nitrogen and oxygen atoms in total. The van der Waals surface area contributed by atoms with Crippen molar-refractivity contribution in [2.75, 3.05) is 7.11 Å². The quantitative estimate of drug-likeness (QED) is 0.674. The van der Waals surface area contributed by atoms with Gasteiger partial charge in [-0.3, -0.25) is 9.78 Å². The lowest BCUT2D eigenvalue weighted by Gasteiger charge is -2.03. The van der Waals surface area contributed by atoms with E-state index in [1.165, 1.54) is 25.3 Å². The van der Waals surface area contributed by atoms with Crippen molar-refractivity contribution in [1.29, 1.82) is 0 Å². The van der Waals surface area contributed by atoms with Crippen molar-refractivity contribution in [3.63, 3.8) is 0 Å². The van der Waals surface area contributed by atoms with Gasteiger partial charge in [-0.05, 0) is 35.9 Å². The van der Waals surface area contributed by atoms with E-state index in [-0.39, 0.29) is 17.1 Å². The van der Waals surface area contributed by atoms with E-state index in [9.17, 15) is 9.90 Å². The fourth-order valence-corrected chi connectivity index (χ4v) is 1.58. The zero-order chi connectivity index (χ0) is 13.7. The van der Waals surface area contributed by atoms with Gasteiger partial charge in [0.1, 0.15) is 11.5 Å². The van der Waals surface area contributed by atoms with Crippen molar-refractivity contribution in [1.82, 2.24) is 4.98 Å². The SMILES string of the molecule is COc1ccc(C(=O)/C=C\c2ccncc2)c(O)c1. The number of hydrogen-bond acceptors (Lipinski definition) is 4. The molecule has 0 radical (unpaired) electrons. The van der Waals surface area contributed by atoms with E-state index in [0.717, 1.165) is 5.56 Å². The molecule has 1 aromatic heterocycles. The maximum absolute atomic E-state index is 11.9. The molecule has 96 valence electrons. The number of pyridine rings is 1. The maximum Gasteiger partial charge on any atom is 0.189 e. The molecular formula is C15H13NO3. The summed E-state index contributed by atoms with van der Waals surface area (Å²) in [5.74, 6) is 0.146. The second-order valence-electron chi connectivity index (χ2n) is 3.86. The first-order valence-corrected chi connectivity index (χ1v) is 5.70. The van der Waals surface area contributed by atoms with E-state index in [1.54, 1.807) is 36.7 Å². The summed E-state index contributed by atoms with van der Waals surface area (Å²) < 4.78 is 4.96. The van der Waals surface area contributed by atoms with Gasteiger partial charge in [0, 0.05) is 18.5 Å². The summed E-state index contributed by atoms with van der Waals surface area (Å²) >= 11 is 0. The van der Waals surface area contributed by atoms with Gasteiger partial charge in [-0.15, -0.1) is 0 Å². The number of methoxy groups -OCH3 is 1. The molecule has 0 amide bonds. The summed E-state index contributed by atoms with van der Waals surface area (Å²) in [4.78, 5) is 15.8. The van der Waals surface area contributed by atoms with Gasteiger partial charge in [0.2, 0.25) is 0 Å². The van der Waals surface area contributed by atoms with Gasteiger partial charge in [-0.2, -0.15) is 0 Å². The van der Waals surface area contributed by atoms with Crippen molar-refractivity contribution in [3.05, 3.63) is 59.9 Å². The van der Waals surface area contributed by atoms with Crippen LogP contribution in [0.4, 0.5) is 0 Å². The van der Waals surface area contributed by atoms with Crippen LogP contribution in [0.5, 0.6) is 11.5 Å². The van der Waals surface area contributed by atoms with Crippen LogP contribution in [0.25, 0.3) is 6.08 Å². The third kappa shape index (κ3) is 3.19. The van der Waals surface area contributed by atoms with Crippen LogP contribution >= 0.6 is 0 Å². The van der Waals surface area contributed by atoms with Crippen LogP contribution in [0.1, 0.15) is 15.9 Å². The first-order valence-electron chi connectivity index (χ1n) is 5.70. The number of rotatable bonds is 4. The highest BCUT2D eigenvalue weighted by atomic mass is 16.5. The van der Waals surface area contributed by atoms with Crippen LogP contribution < -0.4 is 4.74 Å². The zero-order valence-electron chi connectivity index (χ0n) is 10.4. The number of benzene rings is 1. The molecule has 0 aliphatic rings. The minimum atomic E-state index is -0.267. The molecule has 2 rings (SSSR count). The standard InChI is InChI=1S/C15H13NO3/c1-19-12-3-4-13(15(18)10-12)14(17)5-2-11-6-8-16-9-7-11/h2-10,18H,1H3/b5-2-. The lowest BCUT2D eigenvalue weighted by molar-refractivity contribution is 0.104. The molecule has 0 aliphatic heterocycles. The Kier molecular flexibility index (Phi) is 3.93. The third-order valence-electron chi connectivity index (χ3n) is 2.60. The lowest BCUT2D eigenvalue weighted by atomic mass is 10.1. The summed E-state index contributed by atoms with van der Waals surface area (Å²) in [5, 5.41) is 9.75. The monoisotopic (exact) mass is 255 g/mol. The molecule has 0 atom stereocenters. The molecule has 0 saturated carbocycles. The van der Waals surface area contributed by atoms with Crippen molar-refractivity contribution >= 4 is 11.9 Å². The fourth-order valence-electron chi connectivity index (χ4n) is 1.58. The van der Waals surface area contributed by atoms with Crippen LogP contribution in [0.2, 0.25) is 0 Å². The van der Waals surface area contributed by atoms with Gasteiger partial charge in [-0.1, -0.05) is 6.08 Å². The number of hydrogen-bond donors (Lipinski definition) is 1. The van der Waals surface area contributed by atoms with Gasteiger partial charge in [0.25, 0.3) is 0 Å². The van der Waals surface area contributed by atoms with Gasteiger partial charge in [0.15, 0.2) is 5.78 Å². The van der Waals surface area contributed by atoms with E-state index in [1.807, 2.05) is 0 Å². The highest BCUT2D eigenvalue weighted by Crippen LogP contribution is 2.24. The Morgan fingerprint density at radius 3 is 2.63 bits per heavy atom. The normalized spacial score (nSPS) is 10.6. The Balaban J connectivity index is 2.19. The summed E-state index contributed by atoms with van der Waals surface area (Å²) in [7, 11) is 1.50. The first kappa shape index (κ1) is 12.8. The molecule has 0 aliphatic carbocycles. The van der Waals surface area contributed by atoms with Crippen molar-refractivity contribution < 1.29 is 14.6 Å². The number of ketones is 1. The van der Waals surface area contributed by atoms with Crippen LogP contribution in [0.3, 0.4) is 0 Å². The minimum absolute atomic E-state index is 0.0938. The number of ether oxygens (including phenoxy) is 1. The zero-order valence-corrected chi connectivity index (χ0v) is 10.4. The molecule has 0 unspecified atom stereocenters. The molecule has 0 spiro atoms. The van der Waals surface area contributed by atoms with Crippen molar-refractivity contribution in [3.8, 4) is 11.5 Å². The molecule has 1 aromatic carbocycles. The molecule has 19 heavy (non-hydrogen) atoms. The summed E-state index contributed by atoms with van der Waals surface area (Å²) in [5.41, 5.74) is 1.11. The Labute approximate surface area is 111 Å². The predicted octanol–water partition coefficient (Wildman–Crippen LogP) is 2.69. The maximum atomic E-state index is 11.9. The largest absolute Gasteiger partial charge is 0.507 e. The number of phenolic OH excluding ortho intramolecular Hbond substituents is 1. The van der Waals surface area contributed by atoms with Gasteiger partial charge < -0.3 is 9.84 Å². The number of carbonyl (C=O) groups excluding carboxylic acids is 1. The molecular weight excluding hydrogens is 242 g/mol. The van der Waals surface area contributed by atoms with E-state index < -0.39 is 0 Å². The second kappa shape index (κ2) is 5.82. The molecule has 4 heteroatoms. The smallest absolute Gasteiger partial charge is 0.189 e. The van der Waals surface area contributed by atoms with E-state index in [0.29, 0.717) is 5.75 Å². The summed E-state index contributed by atoms with van der Waals surface area (Å²) in [6, 6.07) is 8.16. The highest BCUT2D eigenvalue weighted by Gasteiger charge is 2.08. The van der Waals surface area contributed by atoms with Gasteiger partial charge in [-0.25, -0.2) is 0 Å². The Hall–Kier alpha value is -2.62. The van der Waals surface area contributed by atoms with Gasteiger partial charge >= 0.3 is 0 Å². The average Bonchev–Trinajstić information content (AvgIpc) is 2.45. The predicted molar refractivity (Wildman–Crippen MR) is 72.3 cm³/mol. The highest BCUT2D eigenvalue weighted by molar-refractivity contribution is 6.08. The topological polar surface area (TPSA) is 59.4 Å². The number of nitrogens with zero attached hydrogens (tertiary/aromatic N) is 1. The number of carbonyl (C=O) groups is 1. The third-order valence-corrected chi connectivity index (χ3v) is 2.60. The lowest BCUT2D eigenvalue weighted by Crippen LogP contribution is -1.95. The van der Waals surface area contributed by atoms with Crippen molar-refractivity contribution in [2.45, 2.75) is 0 Å². The Morgan fingerprint density at radius 1 is 1.26 bits per heavy atom. The molecule has 0 fully saturated rings. The van der Waals surface area contributed by atoms with E-state index in [4.69, 9.17) is 4.74 Å². The van der Waals surface area contributed by atoms with E-state index in [2.05, 4.69) is 4.98 Å². The molecule has 0 bridgehead atoms. The van der Waals surface area contributed by atoms with Crippen LogP contribution in [-0.2, 0) is 0 Å². The molecule has 2 aromatic rings. The number of aromatic nitrogens is 1. The van der Waals surface area contributed by atoms with Crippen LogP contribution in [-0.4, -0.2) is 23.0 Å². The molecule has 1 N–H and O–H groups in total. The van der Waals surface area contributed by atoms with Gasteiger partial charge in [0.05, 0.1) is 12.7 Å². The minimum Gasteiger partial charge on any atom is -0.507 e. The number of allylic oxidation sites excluding steroid dienone is 1. The second-order valence-corrected chi connectivity index (χ2v) is 3.86. The number of phenols is 1. The number of aromatic hydroxyl groups is 1. The Morgan fingerprint density at radius 2 is 2.00 bits per heavy atom. The molecule has 1 heterocycles. The first-order chi connectivity index (χ1) is 9.20.